The summed E-state index contributed by atoms with van der Waals surface area (Å²) in [6.45, 7) is 0.962. The molecule has 1 atom stereocenters. The molecule has 2 amide bonds. The first-order valence-corrected chi connectivity index (χ1v) is 10.4. The largest absolute Gasteiger partial charge is 0.488 e. The Morgan fingerprint density at radius 1 is 1.00 bits per heavy atom. The standard InChI is InChI=1S/C25H24N2O5/c28-24(31-17-18-7-3-1-4-8-18)26-20-11-12-23(22(15-20)19-9-5-2-6-10-19)32-21-13-14-27(16-21)25(29)30/h1-12,15,21H,13-14,16-17H2,(H,26,28)(H,29,30). The molecule has 0 spiro atoms. The van der Waals surface area contributed by atoms with Crippen molar-refractivity contribution in [3.8, 4) is 16.9 Å². The van der Waals surface area contributed by atoms with E-state index in [1.165, 1.54) is 4.90 Å². The van der Waals surface area contributed by atoms with Gasteiger partial charge in [0.2, 0.25) is 0 Å². The first-order chi connectivity index (χ1) is 15.6. The van der Waals surface area contributed by atoms with Crippen LogP contribution in [0.3, 0.4) is 0 Å². The third-order valence-corrected chi connectivity index (χ3v) is 5.23. The fourth-order valence-electron chi connectivity index (χ4n) is 3.61. The van der Waals surface area contributed by atoms with E-state index >= 15 is 0 Å². The minimum Gasteiger partial charge on any atom is -0.488 e. The highest BCUT2D eigenvalue weighted by Crippen LogP contribution is 2.34. The summed E-state index contributed by atoms with van der Waals surface area (Å²) in [4.78, 5) is 24.8. The van der Waals surface area contributed by atoms with Crippen LogP contribution in [0.4, 0.5) is 15.3 Å². The molecule has 4 rings (SSSR count). The number of hydrogen-bond donors (Lipinski definition) is 2. The van der Waals surface area contributed by atoms with E-state index in [0.29, 0.717) is 30.9 Å². The smallest absolute Gasteiger partial charge is 0.411 e. The van der Waals surface area contributed by atoms with Crippen LogP contribution in [-0.2, 0) is 11.3 Å². The zero-order valence-electron chi connectivity index (χ0n) is 17.4. The Balaban J connectivity index is 1.48. The molecule has 0 saturated carbocycles. The molecule has 3 aromatic rings. The van der Waals surface area contributed by atoms with Gasteiger partial charge in [0.25, 0.3) is 0 Å². The molecule has 1 fully saturated rings. The van der Waals surface area contributed by atoms with Gasteiger partial charge in [-0.05, 0) is 29.3 Å². The molecule has 0 aromatic heterocycles. The van der Waals surface area contributed by atoms with E-state index in [-0.39, 0.29) is 12.7 Å². The van der Waals surface area contributed by atoms with Gasteiger partial charge in [-0.1, -0.05) is 60.7 Å². The molecule has 0 bridgehead atoms. The monoisotopic (exact) mass is 432 g/mol. The topological polar surface area (TPSA) is 88.1 Å². The summed E-state index contributed by atoms with van der Waals surface area (Å²) in [6.07, 6.45) is -1.07. The molecule has 1 unspecified atom stereocenters. The molecular formula is C25H24N2O5. The first kappa shape index (κ1) is 21.2. The molecule has 3 aromatic carbocycles. The van der Waals surface area contributed by atoms with Crippen molar-refractivity contribution < 1.29 is 24.2 Å². The predicted octanol–water partition coefficient (Wildman–Crippen LogP) is 5.23. The van der Waals surface area contributed by atoms with Gasteiger partial charge in [0.15, 0.2) is 0 Å². The van der Waals surface area contributed by atoms with Crippen LogP contribution in [0.2, 0.25) is 0 Å². The lowest BCUT2D eigenvalue weighted by Gasteiger charge is -2.18. The lowest BCUT2D eigenvalue weighted by atomic mass is 10.0. The average Bonchev–Trinajstić information content (AvgIpc) is 3.29. The van der Waals surface area contributed by atoms with E-state index in [1.807, 2.05) is 66.7 Å². The minimum atomic E-state index is -0.937. The fraction of sp³-hybridized carbons (Fsp3) is 0.200. The van der Waals surface area contributed by atoms with Crippen LogP contribution in [0, 0.1) is 0 Å². The summed E-state index contributed by atoms with van der Waals surface area (Å²) in [7, 11) is 0. The molecule has 32 heavy (non-hydrogen) atoms. The fourth-order valence-corrected chi connectivity index (χ4v) is 3.61. The van der Waals surface area contributed by atoms with Crippen molar-refractivity contribution in [1.29, 1.82) is 0 Å². The second kappa shape index (κ2) is 9.87. The lowest BCUT2D eigenvalue weighted by Crippen LogP contribution is -2.29. The second-order valence-electron chi connectivity index (χ2n) is 7.52. The van der Waals surface area contributed by atoms with Gasteiger partial charge in [-0.3, -0.25) is 5.32 Å². The number of rotatable bonds is 6. The van der Waals surface area contributed by atoms with Crippen molar-refractivity contribution in [2.45, 2.75) is 19.1 Å². The van der Waals surface area contributed by atoms with Gasteiger partial charge in [0, 0.05) is 24.2 Å². The maximum atomic E-state index is 12.3. The van der Waals surface area contributed by atoms with Crippen LogP contribution in [0.1, 0.15) is 12.0 Å². The van der Waals surface area contributed by atoms with Gasteiger partial charge in [0.1, 0.15) is 18.5 Å². The van der Waals surface area contributed by atoms with Crippen molar-refractivity contribution in [3.63, 3.8) is 0 Å². The number of carbonyl (C=O) groups is 2. The Labute approximate surface area is 186 Å². The van der Waals surface area contributed by atoms with Gasteiger partial charge in [-0.25, -0.2) is 9.59 Å². The van der Waals surface area contributed by atoms with Crippen LogP contribution in [-0.4, -0.2) is 41.4 Å². The quantitative estimate of drug-likeness (QED) is 0.557. The molecule has 0 radical (unpaired) electrons. The molecule has 1 aliphatic heterocycles. The Morgan fingerprint density at radius 2 is 1.72 bits per heavy atom. The Morgan fingerprint density at radius 3 is 2.41 bits per heavy atom. The second-order valence-corrected chi connectivity index (χ2v) is 7.52. The van der Waals surface area contributed by atoms with Gasteiger partial charge in [0.05, 0.1) is 6.54 Å². The number of amides is 2. The zero-order valence-corrected chi connectivity index (χ0v) is 17.4. The van der Waals surface area contributed by atoms with Crippen LogP contribution in [0.5, 0.6) is 5.75 Å². The maximum absolute atomic E-state index is 12.3. The van der Waals surface area contributed by atoms with Gasteiger partial charge in [-0.15, -0.1) is 0 Å². The van der Waals surface area contributed by atoms with Crippen LogP contribution >= 0.6 is 0 Å². The van der Waals surface area contributed by atoms with E-state index in [9.17, 15) is 14.7 Å². The van der Waals surface area contributed by atoms with Gasteiger partial charge >= 0.3 is 12.2 Å². The highest BCUT2D eigenvalue weighted by atomic mass is 16.5. The van der Waals surface area contributed by atoms with Crippen molar-refractivity contribution in [1.82, 2.24) is 4.90 Å². The lowest BCUT2D eigenvalue weighted by molar-refractivity contribution is 0.146. The maximum Gasteiger partial charge on any atom is 0.411 e. The summed E-state index contributed by atoms with van der Waals surface area (Å²) in [5, 5.41) is 11.9. The number of anilines is 1. The van der Waals surface area contributed by atoms with E-state index in [1.54, 1.807) is 12.1 Å². The number of carboxylic acid groups (broad SMARTS) is 1. The minimum absolute atomic E-state index is 0.182. The molecule has 0 aliphatic carbocycles. The number of ether oxygens (including phenoxy) is 2. The van der Waals surface area contributed by atoms with Crippen molar-refractivity contribution in [2.75, 3.05) is 18.4 Å². The summed E-state index contributed by atoms with van der Waals surface area (Å²) < 4.78 is 11.5. The van der Waals surface area contributed by atoms with Crippen LogP contribution in [0.15, 0.2) is 78.9 Å². The molecule has 1 saturated heterocycles. The number of hydrogen-bond acceptors (Lipinski definition) is 4. The molecule has 164 valence electrons. The molecule has 7 nitrogen and oxygen atoms in total. The van der Waals surface area contributed by atoms with Crippen LogP contribution in [0.25, 0.3) is 11.1 Å². The molecule has 1 heterocycles. The predicted molar refractivity (Wildman–Crippen MR) is 121 cm³/mol. The third kappa shape index (κ3) is 5.37. The van der Waals surface area contributed by atoms with Gasteiger partial charge in [-0.2, -0.15) is 0 Å². The van der Waals surface area contributed by atoms with Gasteiger partial charge < -0.3 is 19.5 Å². The van der Waals surface area contributed by atoms with E-state index in [4.69, 9.17) is 9.47 Å². The molecule has 1 aliphatic rings. The summed E-state index contributed by atoms with van der Waals surface area (Å²) >= 11 is 0. The number of nitrogens with zero attached hydrogens (tertiary/aromatic N) is 1. The van der Waals surface area contributed by atoms with E-state index < -0.39 is 12.2 Å². The normalized spacial score (nSPS) is 15.2. The average molecular weight is 432 g/mol. The highest BCUT2D eigenvalue weighted by Gasteiger charge is 2.28. The highest BCUT2D eigenvalue weighted by molar-refractivity contribution is 5.87. The van der Waals surface area contributed by atoms with Crippen molar-refractivity contribution in [3.05, 3.63) is 84.4 Å². The Kier molecular flexibility index (Phi) is 6.55. The van der Waals surface area contributed by atoms with E-state index in [0.717, 1.165) is 16.7 Å². The number of likely N-dealkylation sites (tertiary alicyclic amines) is 1. The summed E-state index contributed by atoms with van der Waals surface area (Å²) in [6, 6.07) is 24.5. The van der Waals surface area contributed by atoms with Crippen molar-refractivity contribution >= 4 is 17.9 Å². The third-order valence-electron chi connectivity index (χ3n) is 5.23. The first-order valence-electron chi connectivity index (χ1n) is 10.4. The Bertz CT molecular complexity index is 1070. The molecule has 7 heteroatoms. The summed E-state index contributed by atoms with van der Waals surface area (Å²) in [5.41, 5.74) is 3.22. The SMILES string of the molecule is O=C(Nc1ccc(OC2CCN(C(=O)O)C2)c(-c2ccccc2)c1)OCc1ccccc1. The number of carbonyl (C=O) groups excluding carboxylic acids is 1. The number of nitrogens with one attached hydrogen (secondary N) is 1. The van der Waals surface area contributed by atoms with Crippen LogP contribution < -0.4 is 10.1 Å². The summed E-state index contributed by atoms with van der Waals surface area (Å²) in [5.74, 6) is 0.636. The molecule has 2 N–H and O–H groups in total. The van der Waals surface area contributed by atoms with E-state index in [2.05, 4.69) is 5.32 Å². The number of benzene rings is 3. The Hall–Kier alpha value is -4.00. The zero-order chi connectivity index (χ0) is 22.3. The van der Waals surface area contributed by atoms with Crippen molar-refractivity contribution in [2.24, 2.45) is 0 Å². The molecular weight excluding hydrogens is 408 g/mol.